The van der Waals surface area contributed by atoms with Gasteiger partial charge in [-0.15, -0.1) is 0 Å². The number of hydrogen-bond donors (Lipinski definition) is 1. The summed E-state index contributed by atoms with van der Waals surface area (Å²) in [5.41, 5.74) is 1.69. The minimum atomic E-state index is 0.726. The van der Waals surface area contributed by atoms with Crippen LogP contribution in [-0.2, 0) is 6.54 Å². The van der Waals surface area contributed by atoms with Gasteiger partial charge in [0.1, 0.15) is 5.69 Å². The number of nitrogens with one attached hydrogen (secondary N) is 1. The highest BCUT2D eigenvalue weighted by atomic mass is 16.5. The Labute approximate surface area is 130 Å². The molecule has 4 rings (SSSR count). The van der Waals surface area contributed by atoms with Crippen LogP contribution in [0.15, 0.2) is 35.0 Å². The molecule has 5 nitrogen and oxygen atoms in total. The van der Waals surface area contributed by atoms with Crippen molar-refractivity contribution in [3.05, 3.63) is 36.2 Å². The van der Waals surface area contributed by atoms with Gasteiger partial charge in [-0.25, -0.2) is 0 Å². The monoisotopic (exact) mass is 298 g/mol. The van der Waals surface area contributed by atoms with Gasteiger partial charge < -0.3 is 9.84 Å². The summed E-state index contributed by atoms with van der Waals surface area (Å²) in [7, 11) is 0. The van der Waals surface area contributed by atoms with Gasteiger partial charge >= 0.3 is 0 Å². The Morgan fingerprint density at radius 1 is 1.27 bits per heavy atom. The standard InChI is InChI=1S/C17H22N4O/c1-2-7-19-16(5-1)17-10-14(22-20-17)12-21-9-6-15-13(11-21)4-3-8-18-15/h1-2,5,7,10,13,15,18H,3-4,6,8-9,11-12H2/t13-,15+/m1/s1. The van der Waals surface area contributed by atoms with Crippen LogP contribution in [0.5, 0.6) is 0 Å². The van der Waals surface area contributed by atoms with Crippen LogP contribution in [0.2, 0.25) is 0 Å². The maximum absolute atomic E-state index is 5.51. The molecule has 22 heavy (non-hydrogen) atoms. The minimum Gasteiger partial charge on any atom is -0.359 e. The molecule has 0 bridgehead atoms. The molecule has 2 aliphatic rings. The lowest BCUT2D eigenvalue weighted by atomic mass is 9.85. The molecule has 2 aromatic heterocycles. The van der Waals surface area contributed by atoms with Gasteiger partial charge in [0.25, 0.3) is 0 Å². The second-order valence-electron chi connectivity index (χ2n) is 6.38. The molecule has 4 heterocycles. The summed E-state index contributed by atoms with van der Waals surface area (Å²) in [6, 6.07) is 8.59. The van der Waals surface area contributed by atoms with Crippen molar-refractivity contribution < 1.29 is 4.52 Å². The third-order valence-corrected chi connectivity index (χ3v) is 4.84. The highest BCUT2D eigenvalue weighted by Crippen LogP contribution is 2.26. The van der Waals surface area contributed by atoms with Gasteiger partial charge in [-0.2, -0.15) is 0 Å². The third-order valence-electron chi connectivity index (χ3n) is 4.84. The smallest absolute Gasteiger partial charge is 0.151 e. The molecule has 1 N–H and O–H groups in total. The van der Waals surface area contributed by atoms with Crippen LogP contribution in [0.25, 0.3) is 11.4 Å². The number of pyridine rings is 1. The fraction of sp³-hybridized carbons (Fsp3) is 0.529. The molecular formula is C17H22N4O. The van der Waals surface area contributed by atoms with Crippen LogP contribution >= 0.6 is 0 Å². The Bertz CT molecular complexity index is 612. The fourth-order valence-electron chi connectivity index (χ4n) is 3.71. The molecule has 0 unspecified atom stereocenters. The number of piperidine rings is 2. The highest BCUT2D eigenvalue weighted by Gasteiger charge is 2.31. The number of likely N-dealkylation sites (tertiary alicyclic amines) is 1. The van der Waals surface area contributed by atoms with Crippen molar-refractivity contribution in [2.24, 2.45) is 5.92 Å². The summed E-state index contributed by atoms with van der Waals surface area (Å²) in [5.74, 6) is 1.73. The Morgan fingerprint density at radius 2 is 2.27 bits per heavy atom. The molecule has 2 aromatic rings. The first-order valence-corrected chi connectivity index (χ1v) is 8.21. The van der Waals surface area contributed by atoms with E-state index in [0.29, 0.717) is 0 Å². The Morgan fingerprint density at radius 3 is 3.18 bits per heavy atom. The van der Waals surface area contributed by atoms with Crippen LogP contribution < -0.4 is 5.32 Å². The van der Waals surface area contributed by atoms with Gasteiger partial charge in [0, 0.05) is 31.4 Å². The van der Waals surface area contributed by atoms with Crippen LogP contribution in [0, 0.1) is 5.92 Å². The molecule has 0 aliphatic carbocycles. The third kappa shape index (κ3) is 2.91. The second kappa shape index (κ2) is 6.18. The maximum atomic E-state index is 5.51. The fourth-order valence-corrected chi connectivity index (χ4v) is 3.71. The topological polar surface area (TPSA) is 54.2 Å². The first-order chi connectivity index (χ1) is 10.9. The van der Waals surface area contributed by atoms with Crippen LogP contribution in [0.3, 0.4) is 0 Å². The van der Waals surface area contributed by atoms with Gasteiger partial charge in [0.05, 0.1) is 12.2 Å². The zero-order valence-electron chi connectivity index (χ0n) is 12.7. The first-order valence-electron chi connectivity index (χ1n) is 8.21. The maximum Gasteiger partial charge on any atom is 0.151 e. The highest BCUT2D eigenvalue weighted by molar-refractivity contribution is 5.52. The lowest BCUT2D eigenvalue weighted by Crippen LogP contribution is -2.51. The van der Waals surface area contributed by atoms with E-state index < -0.39 is 0 Å². The van der Waals surface area contributed by atoms with Crippen LogP contribution in [0.4, 0.5) is 0 Å². The molecule has 0 spiro atoms. The number of hydrogen-bond acceptors (Lipinski definition) is 5. The second-order valence-corrected chi connectivity index (χ2v) is 6.38. The molecular weight excluding hydrogens is 276 g/mol. The Hall–Kier alpha value is -1.72. The summed E-state index contributed by atoms with van der Waals surface area (Å²) in [5, 5.41) is 7.82. The van der Waals surface area contributed by atoms with E-state index in [1.807, 2.05) is 24.3 Å². The molecule has 116 valence electrons. The zero-order valence-corrected chi connectivity index (χ0v) is 12.7. The average molecular weight is 298 g/mol. The van der Waals surface area contributed by atoms with Crippen molar-refractivity contribution in [3.8, 4) is 11.4 Å². The summed E-state index contributed by atoms with van der Waals surface area (Å²) in [6.07, 6.45) is 5.68. The van der Waals surface area contributed by atoms with Crippen molar-refractivity contribution in [3.63, 3.8) is 0 Å². The largest absolute Gasteiger partial charge is 0.359 e. The van der Waals surface area contributed by atoms with Crippen LogP contribution in [0.1, 0.15) is 25.0 Å². The number of rotatable bonds is 3. The van der Waals surface area contributed by atoms with E-state index in [-0.39, 0.29) is 0 Å². The number of fused-ring (bicyclic) bond motifs is 1. The SMILES string of the molecule is c1ccc(-c2cc(CN3CC[C@@H]4NCCC[C@@H]4C3)on2)nc1. The van der Waals surface area contributed by atoms with E-state index >= 15 is 0 Å². The average Bonchev–Trinajstić information content (AvgIpc) is 3.04. The van der Waals surface area contributed by atoms with Crippen molar-refractivity contribution in [1.82, 2.24) is 20.4 Å². The van der Waals surface area contributed by atoms with E-state index in [2.05, 4.69) is 20.4 Å². The molecule has 2 fully saturated rings. The minimum absolute atomic E-state index is 0.726. The van der Waals surface area contributed by atoms with Gasteiger partial charge in [0.2, 0.25) is 0 Å². The quantitative estimate of drug-likeness (QED) is 0.942. The lowest BCUT2D eigenvalue weighted by molar-refractivity contribution is 0.101. The predicted octanol–water partition coefficient (Wildman–Crippen LogP) is 2.31. The van der Waals surface area contributed by atoms with E-state index in [4.69, 9.17) is 4.52 Å². The van der Waals surface area contributed by atoms with Gasteiger partial charge in [-0.1, -0.05) is 11.2 Å². The van der Waals surface area contributed by atoms with E-state index in [1.54, 1.807) is 6.20 Å². The Kier molecular flexibility index (Phi) is 3.91. The van der Waals surface area contributed by atoms with Crippen LogP contribution in [-0.4, -0.2) is 40.7 Å². The summed E-state index contributed by atoms with van der Waals surface area (Å²) >= 11 is 0. The van der Waals surface area contributed by atoms with Crippen molar-refractivity contribution in [1.29, 1.82) is 0 Å². The van der Waals surface area contributed by atoms with Crippen molar-refractivity contribution in [2.75, 3.05) is 19.6 Å². The zero-order chi connectivity index (χ0) is 14.8. The molecule has 2 saturated heterocycles. The molecule has 0 radical (unpaired) electrons. The summed E-state index contributed by atoms with van der Waals surface area (Å²) < 4.78 is 5.51. The normalized spacial score (nSPS) is 25.8. The molecule has 0 aromatic carbocycles. The van der Waals surface area contributed by atoms with Gasteiger partial charge in [-0.05, 0) is 43.9 Å². The number of nitrogens with zero attached hydrogens (tertiary/aromatic N) is 3. The summed E-state index contributed by atoms with van der Waals surface area (Å²) in [6.45, 7) is 4.34. The lowest BCUT2D eigenvalue weighted by Gasteiger charge is -2.41. The Balaban J connectivity index is 1.40. The van der Waals surface area contributed by atoms with E-state index in [0.717, 1.165) is 48.7 Å². The van der Waals surface area contributed by atoms with Crippen molar-refractivity contribution >= 4 is 0 Å². The molecule has 0 amide bonds. The van der Waals surface area contributed by atoms with E-state index in [1.165, 1.54) is 25.8 Å². The number of aromatic nitrogens is 2. The summed E-state index contributed by atoms with van der Waals surface area (Å²) in [4.78, 5) is 6.82. The predicted molar refractivity (Wildman–Crippen MR) is 84.1 cm³/mol. The first kappa shape index (κ1) is 13.9. The molecule has 0 saturated carbocycles. The van der Waals surface area contributed by atoms with Gasteiger partial charge in [-0.3, -0.25) is 9.88 Å². The molecule has 5 heteroatoms. The van der Waals surface area contributed by atoms with Gasteiger partial charge in [0.15, 0.2) is 5.76 Å². The molecule has 2 atom stereocenters. The van der Waals surface area contributed by atoms with E-state index in [9.17, 15) is 0 Å². The molecule has 2 aliphatic heterocycles. The van der Waals surface area contributed by atoms with Crippen molar-refractivity contribution in [2.45, 2.75) is 31.8 Å².